The molecule has 1 aromatic carbocycles. The van der Waals surface area contributed by atoms with Gasteiger partial charge in [-0.25, -0.2) is 19.3 Å². The number of pyridine rings is 2. The van der Waals surface area contributed by atoms with Crippen LogP contribution in [0.25, 0.3) is 11.2 Å². The van der Waals surface area contributed by atoms with Gasteiger partial charge < -0.3 is 19.8 Å². The molecule has 8 heteroatoms. The summed E-state index contributed by atoms with van der Waals surface area (Å²) >= 11 is 0. The monoisotopic (exact) mass is 471 g/mol. The average Bonchev–Trinajstić information content (AvgIpc) is 3.24. The molecular formula is C27H26FN5O2. The fraction of sp³-hybridized carbons (Fsp3) is 0.296. The number of halogens is 1. The van der Waals surface area contributed by atoms with Crippen LogP contribution in [0.4, 0.5) is 4.39 Å². The highest BCUT2D eigenvalue weighted by molar-refractivity contribution is 5.72. The van der Waals surface area contributed by atoms with E-state index in [1.54, 1.807) is 31.9 Å². The SMILES string of the molecule is COc1ccc(C2CCc3cc(Cn4cnc5cc(C#CC(C)(C)N)cnc54)cc(F)c3O2)cn1. The first-order valence-electron chi connectivity index (χ1n) is 11.4. The topological polar surface area (TPSA) is 88.1 Å². The Morgan fingerprint density at radius 1 is 1.20 bits per heavy atom. The summed E-state index contributed by atoms with van der Waals surface area (Å²) in [6.45, 7) is 4.14. The van der Waals surface area contributed by atoms with Gasteiger partial charge >= 0.3 is 0 Å². The highest BCUT2D eigenvalue weighted by Gasteiger charge is 2.25. The highest BCUT2D eigenvalue weighted by atomic mass is 19.1. The van der Waals surface area contributed by atoms with E-state index in [9.17, 15) is 0 Å². The molecule has 5 rings (SSSR count). The Balaban J connectivity index is 1.36. The smallest absolute Gasteiger partial charge is 0.212 e. The van der Waals surface area contributed by atoms with Crippen LogP contribution in [0.2, 0.25) is 0 Å². The van der Waals surface area contributed by atoms with Gasteiger partial charge in [0.1, 0.15) is 11.6 Å². The number of nitrogens with zero attached hydrogens (tertiary/aromatic N) is 4. The maximum atomic E-state index is 15.1. The van der Waals surface area contributed by atoms with Crippen LogP contribution in [0.1, 0.15) is 48.6 Å². The van der Waals surface area contributed by atoms with E-state index in [4.69, 9.17) is 15.2 Å². The Morgan fingerprint density at radius 2 is 2.06 bits per heavy atom. The standard InChI is InChI=1S/C27H26FN5O2/c1-27(2,29)9-8-17-12-22-26(31-13-17)33(16-32-22)15-18-10-19-4-6-23(35-25(19)21(28)11-18)20-5-7-24(34-3)30-14-20/h5,7,10-14,16,23H,4,6,15,29H2,1-3H3. The molecule has 7 nitrogen and oxygen atoms in total. The molecule has 4 heterocycles. The molecule has 0 amide bonds. The molecule has 2 N–H and O–H groups in total. The molecule has 4 aromatic rings. The summed E-state index contributed by atoms with van der Waals surface area (Å²) in [6.07, 6.45) is 6.33. The minimum Gasteiger partial charge on any atom is -0.482 e. The summed E-state index contributed by atoms with van der Waals surface area (Å²) in [6, 6.07) is 9.08. The van der Waals surface area contributed by atoms with Crippen molar-refractivity contribution < 1.29 is 13.9 Å². The van der Waals surface area contributed by atoms with Crippen LogP contribution in [-0.4, -0.2) is 32.2 Å². The third-order valence-electron chi connectivity index (χ3n) is 5.79. The molecule has 3 aromatic heterocycles. The average molecular weight is 472 g/mol. The minimum atomic E-state index is -0.583. The van der Waals surface area contributed by atoms with Gasteiger partial charge in [-0.2, -0.15) is 0 Å². The number of nitrogens with two attached hydrogens (primary N) is 1. The van der Waals surface area contributed by atoms with Crippen LogP contribution in [0, 0.1) is 17.7 Å². The molecular weight excluding hydrogens is 445 g/mol. The van der Waals surface area contributed by atoms with Crippen molar-refractivity contribution in [2.75, 3.05) is 7.11 Å². The lowest BCUT2D eigenvalue weighted by Gasteiger charge is -2.27. The van der Waals surface area contributed by atoms with Crippen molar-refractivity contribution in [1.82, 2.24) is 19.5 Å². The predicted octanol–water partition coefficient (Wildman–Crippen LogP) is 4.18. The number of rotatable bonds is 4. The quantitative estimate of drug-likeness (QED) is 0.450. The first-order chi connectivity index (χ1) is 16.8. The second-order valence-electron chi connectivity index (χ2n) is 9.26. The second-order valence-corrected chi connectivity index (χ2v) is 9.26. The second kappa shape index (κ2) is 9.01. The van der Waals surface area contributed by atoms with E-state index in [0.717, 1.165) is 34.2 Å². The van der Waals surface area contributed by atoms with Crippen LogP contribution in [0.15, 0.2) is 49.1 Å². The van der Waals surface area contributed by atoms with Gasteiger partial charge in [-0.3, -0.25) is 0 Å². The van der Waals surface area contributed by atoms with Crippen molar-refractivity contribution in [1.29, 1.82) is 0 Å². The molecule has 178 valence electrons. The number of methoxy groups -OCH3 is 1. The zero-order valence-electron chi connectivity index (χ0n) is 19.9. The highest BCUT2D eigenvalue weighted by Crippen LogP contribution is 2.37. The van der Waals surface area contributed by atoms with Crippen molar-refractivity contribution >= 4 is 11.2 Å². The van der Waals surface area contributed by atoms with E-state index in [2.05, 4.69) is 26.8 Å². The summed E-state index contributed by atoms with van der Waals surface area (Å²) in [5.41, 5.74) is 10.1. The van der Waals surface area contributed by atoms with Gasteiger partial charge in [-0.15, -0.1) is 0 Å². The molecule has 1 aliphatic heterocycles. The first-order valence-corrected chi connectivity index (χ1v) is 11.4. The largest absolute Gasteiger partial charge is 0.482 e. The van der Waals surface area contributed by atoms with Crippen molar-refractivity contribution in [2.24, 2.45) is 5.73 Å². The van der Waals surface area contributed by atoms with Crippen LogP contribution in [0.3, 0.4) is 0 Å². The Labute approximate surface area is 203 Å². The molecule has 1 unspecified atom stereocenters. The lowest BCUT2D eigenvalue weighted by Crippen LogP contribution is -2.29. The molecule has 1 aliphatic rings. The van der Waals surface area contributed by atoms with Gasteiger partial charge in [0, 0.05) is 29.6 Å². The summed E-state index contributed by atoms with van der Waals surface area (Å²) in [7, 11) is 1.57. The van der Waals surface area contributed by atoms with E-state index < -0.39 is 5.54 Å². The third-order valence-corrected chi connectivity index (χ3v) is 5.79. The Hall–Kier alpha value is -3.96. The Kier molecular flexibility index (Phi) is 5.87. The van der Waals surface area contributed by atoms with E-state index in [-0.39, 0.29) is 11.9 Å². The summed E-state index contributed by atoms with van der Waals surface area (Å²) in [5.74, 6) is 6.50. The first kappa shape index (κ1) is 22.8. The number of aromatic nitrogens is 4. The molecule has 35 heavy (non-hydrogen) atoms. The molecule has 0 radical (unpaired) electrons. The van der Waals surface area contributed by atoms with E-state index >= 15 is 4.39 Å². The number of hydrogen-bond donors (Lipinski definition) is 1. The lowest BCUT2D eigenvalue weighted by molar-refractivity contribution is 0.167. The molecule has 0 aliphatic carbocycles. The van der Waals surface area contributed by atoms with Gasteiger partial charge in [0.2, 0.25) is 5.88 Å². The van der Waals surface area contributed by atoms with Crippen LogP contribution in [-0.2, 0) is 13.0 Å². The van der Waals surface area contributed by atoms with Crippen LogP contribution < -0.4 is 15.2 Å². The Bertz CT molecular complexity index is 1440. The van der Waals surface area contributed by atoms with E-state index in [0.29, 0.717) is 30.2 Å². The number of imidazole rings is 1. The lowest BCUT2D eigenvalue weighted by atomic mass is 9.96. The maximum Gasteiger partial charge on any atom is 0.212 e. The van der Waals surface area contributed by atoms with Crippen molar-refractivity contribution in [3.05, 3.63) is 77.1 Å². The van der Waals surface area contributed by atoms with Gasteiger partial charge in [0.15, 0.2) is 17.2 Å². The van der Waals surface area contributed by atoms with Gasteiger partial charge in [0.05, 0.1) is 25.5 Å². The third kappa shape index (κ3) is 4.96. The molecule has 0 saturated carbocycles. The zero-order chi connectivity index (χ0) is 24.6. The van der Waals surface area contributed by atoms with Crippen molar-refractivity contribution in [3.63, 3.8) is 0 Å². The molecule has 0 saturated heterocycles. The summed E-state index contributed by atoms with van der Waals surface area (Å²) < 4.78 is 28.1. The molecule has 0 bridgehead atoms. The summed E-state index contributed by atoms with van der Waals surface area (Å²) in [4.78, 5) is 13.2. The van der Waals surface area contributed by atoms with Crippen molar-refractivity contribution in [3.8, 4) is 23.5 Å². The predicted molar refractivity (Wildman–Crippen MR) is 131 cm³/mol. The fourth-order valence-corrected chi connectivity index (χ4v) is 4.11. The number of fused-ring (bicyclic) bond motifs is 2. The number of aryl methyl sites for hydroxylation is 1. The van der Waals surface area contributed by atoms with Crippen LogP contribution >= 0.6 is 0 Å². The van der Waals surface area contributed by atoms with Gasteiger partial charge in [0.25, 0.3) is 0 Å². The van der Waals surface area contributed by atoms with Gasteiger partial charge in [-0.05, 0) is 56.0 Å². The van der Waals surface area contributed by atoms with Gasteiger partial charge in [-0.1, -0.05) is 17.9 Å². The molecule has 1 atom stereocenters. The summed E-state index contributed by atoms with van der Waals surface area (Å²) in [5, 5.41) is 0. The van der Waals surface area contributed by atoms with Crippen molar-refractivity contribution in [2.45, 2.75) is 44.9 Å². The van der Waals surface area contributed by atoms with E-state index in [1.165, 1.54) is 6.07 Å². The normalized spacial score (nSPS) is 15.2. The number of ether oxygens (including phenoxy) is 2. The molecule has 0 fully saturated rings. The molecule has 0 spiro atoms. The fourth-order valence-electron chi connectivity index (χ4n) is 4.11. The number of hydrogen-bond acceptors (Lipinski definition) is 6. The van der Waals surface area contributed by atoms with E-state index in [1.807, 2.05) is 36.6 Å². The number of benzene rings is 1. The minimum absolute atomic E-state index is 0.245. The van der Waals surface area contributed by atoms with Crippen LogP contribution in [0.5, 0.6) is 11.6 Å². The maximum absolute atomic E-state index is 15.1. The zero-order valence-corrected chi connectivity index (χ0v) is 19.9. The Morgan fingerprint density at radius 3 is 2.80 bits per heavy atom.